The molecule has 32 heavy (non-hydrogen) atoms. The molecule has 0 atom stereocenters. The van der Waals surface area contributed by atoms with Crippen molar-refractivity contribution in [1.29, 1.82) is 0 Å². The van der Waals surface area contributed by atoms with Crippen molar-refractivity contribution >= 4 is 22.5 Å². The normalized spacial score (nSPS) is 10.8. The van der Waals surface area contributed by atoms with Crippen LogP contribution in [0.5, 0.6) is 5.75 Å². The highest BCUT2D eigenvalue weighted by atomic mass is 19.1. The number of allylic oxidation sites excluding steroid dienone is 1. The number of halogens is 1. The summed E-state index contributed by atoms with van der Waals surface area (Å²) in [5, 5.41) is 3.77. The molecule has 1 aromatic heterocycles. The maximum Gasteiger partial charge on any atom is 0.272 e. The Balaban J connectivity index is 1.67. The van der Waals surface area contributed by atoms with Crippen molar-refractivity contribution < 1.29 is 13.9 Å². The number of carbonyl (C=O) groups excluding carboxylic acids is 1. The quantitative estimate of drug-likeness (QED) is 0.346. The molecule has 0 aliphatic heterocycles. The highest BCUT2D eigenvalue weighted by Crippen LogP contribution is 2.30. The zero-order valence-electron chi connectivity index (χ0n) is 18.2. The minimum absolute atomic E-state index is 0.0998. The lowest BCUT2D eigenvalue weighted by Crippen LogP contribution is -2.16. The highest BCUT2D eigenvalue weighted by molar-refractivity contribution is 6.07. The molecule has 1 heterocycles. The van der Waals surface area contributed by atoms with Crippen LogP contribution < -0.4 is 10.1 Å². The van der Waals surface area contributed by atoms with Gasteiger partial charge in [-0.25, -0.2) is 4.39 Å². The Morgan fingerprint density at radius 3 is 2.62 bits per heavy atom. The molecule has 5 heteroatoms. The zero-order chi connectivity index (χ0) is 22.7. The number of anilines is 1. The van der Waals surface area contributed by atoms with Gasteiger partial charge in [0.05, 0.1) is 5.52 Å². The predicted octanol–water partition coefficient (Wildman–Crippen LogP) is 6.41. The first-order chi connectivity index (χ1) is 15.5. The van der Waals surface area contributed by atoms with Crippen LogP contribution in [-0.4, -0.2) is 10.5 Å². The monoisotopic (exact) mass is 428 g/mol. The van der Waals surface area contributed by atoms with Crippen molar-refractivity contribution in [2.24, 2.45) is 0 Å². The van der Waals surface area contributed by atoms with E-state index in [0.29, 0.717) is 23.6 Å². The van der Waals surface area contributed by atoms with Crippen molar-refractivity contribution in [3.63, 3.8) is 0 Å². The Morgan fingerprint density at radius 1 is 1.06 bits per heavy atom. The number of fused-ring (bicyclic) bond motifs is 1. The molecule has 0 radical (unpaired) electrons. The van der Waals surface area contributed by atoms with Gasteiger partial charge >= 0.3 is 0 Å². The van der Waals surface area contributed by atoms with E-state index in [-0.39, 0.29) is 18.3 Å². The number of hydrogen-bond acceptors (Lipinski definition) is 2. The average Bonchev–Trinajstić information content (AvgIpc) is 3.15. The maximum atomic E-state index is 14.0. The number of aryl methyl sites for hydroxylation is 2. The van der Waals surface area contributed by atoms with Crippen molar-refractivity contribution in [1.82, 2.24) is 4.57 Å². The summed E-state index contributed by atoms with van der Waals surface area (Å²) in [6, 6.07) is 19.8. The first-order valence-electron chi connectivity index (χ1n) is 10.5. The number of rotatable bonds is 7. The van der Waals surface area contributed by atoms with Crippen LogP contribution in [0.4, 0.5) is 10.1 Å². The number of benzene rings is 3. The summed E-state index contributed by atoms with van der Waals surface area (Å²) in [5.74, 6) is 0.0671. The Morgan fingerprint density at radius 2 is 1.88 bits per heavy atom. The van der Waals surface area contributed by atoms with Crippen LogP contribution >= 0.6 is 0 Å². The number of nitrogens with one attached hydrogen (secondary N) is 1. The zero-order valence-corrected chi connectivity index (χ0v) is 18.2. The molecule has 1 amide bonds. The van der Waals surface area contributed by atoms with E-state index in [4.69, 9.17) is 4.74 Å². The summed E-state index contributed by atoms with van der Waals surface area (Å²) in [6.07, 6.45) is 1.75. The minimum Gasteiger partial charge on any atom is -0.488 e. The second kappa shape index (κ2) is 9.10. The summed E-state index contributed by atoms with van der Waals surface area (Å²) < 4.78 is 21.8. The van der Waals surface area contributed by atoms with Gasteiger partial charge in [0.25, 0.3) is 5.91 Å². The van der Waals surface area contributed by atoms with Crippen LogP contribution in [0.15, 0.2) is 79.4 Å². The molecule has 4 nitrogen and oxygen atoms in total. The molecule has 0 spiro atoms. The Bertz CT molecular complexity index is 1310. The van der Waals surface area contributed by atoms with Gasteiger partial charge in [-0.2, -0.15) is 0 Å². The Kier molecular flexibility index (Phi) is 6.08. The minimum atomic E-state index is -0.308. The molecule has 3 aromatic carbocycles. The van der Waals surface area contributed by atoms with Gasteiger partial charge in [0.1, 0.15) is 23.9 Å². The number of hydrogen-bond donors (Lipinski definition) is 1. The largest absolute Gasteiger partial charge is 0.488 e. The van der Waals surface area contributed by atoms with E-state index in [1.54, 1.807) is 24.3 Å². The number of carbonyl (C=O) groups is 1. The first kappa shape index (κ1) is 21.4. The van der Waals surface area contributed by atoms with Crippen molar-refractivity contribution in [2.75, 3.05) is 5.32 Å². The molecular formula is C27H25FN2O2. The lowest BCUT2D eigenvalue weighted by atomic mass is 10.1. The molecule has 0 aliphatic rings. The van der Waals surface area contributed by atoms with Crippen LogP contribution in [0.2, 0.25) is 0 Å². The summed E-state index contributed by atoms with van der Waals surface area (Å²) in [4.78, 5) is 13.2. The lowest BCUT2D eigenvalue weighted by molar-refractivity contribution is 0.101. The molecule has 162 valence electrons. The van der Waals surface area contributed by atoms with Crippen molar-refractivity contribution in [3.05, 3.63) is 108 Å². The molecule has 0 unspecified atom stereocenters. The molecular weight excluding hydrogens is 403 g/mol. The van der Waals surface area contributed by atoms with Crippen LogP contribution in [0.25, 0.3) is 10.9 Å². The van der Waals surface area contributed by atoms with E-state index in [9.17, 15) is 9.18 Å². The number of nitrogens with zero attached hydrogens (tertiary/aromatic N) is 1. The highest BCUT2D eigenvalue weighted by Gasteiger charge is 2.18. The van der Waals surface area contributed by atoms with E-state index in [0.717, 1.165) is 22.2 Å². The molecule has 4 aromatic rings. The molecule has 0 saturated heterocycles. The topological polar surface area (TPSA) is 43.3 Å². The first-order valence-corrected chi connectivity index (χ1v) is 10.5. The number of aromatic nitrogens is 1. The van der Waals surface area contributed by atoms with Crippen LogP contribution in [0, 0.1) is 19.7 Å². The standard InChI is InChI=1S/C27H25FN2O2/c1-4-14-30-24-10-7-11-26(32-17-20-8-5-6-9-23(20)28)22(24)16-25(30)27(31)29-21-13-12-18(2)19(3)15-21/h4-13,15-16H,1,14,17H2,2-3H3,(H,29,31). The van der Waals surface area contributed by atoms with E-state index in [2.05, 4.69) is 11.9 Å². The number of amides is 1. The third-order valence-corrected chi connectivity index (χ3v) is 5.56. The fourth-order valence-corrected chi connectivity index (χ4v) is 3.68. The van der Waals surface area contributed by atoms with E-state index in [1.807, 2.05) is 60.9 Å². The molecule has 0 aliphatic carbocycles. The van der Waals surface area contributed by atoms with E-state index >= 15 is 0 Å². The van der Waals surface area contributed by atoms with Gasteiger partial charge in [-0.05, 0) is 61.4 Å². The summed E-state index contributed by atoms with van der Waals surface area (Å²) in [7, 11) is 0. The van der Waals surface area contributed by atoms with Gasteiger partial charge in [-0.1, -0.05) is 36.4 Å². The summed E-state index contributed by atoms with van der Waals surface area (Å²) in [5.41, 5.74) is 4.84. The van der Waals surface area contributed by atoms with E-state index < -0.39 is 0 Å². The third-order valence-electron chi connectivity index (χ3n) is 5.56. The number of ether oxygens (including phenoxy) is 1. The average molecular weight is 429 g/mol. The van der Waals surface area contributed by atoms with Crippen LogP contribution in [-0.2, 0) is 13.2 Å². The van der Waals surface area contributed by atoms with Gasteiger partial charge < -0.3 is 14.6 Å². The van der Waals surface area contributed by atoms with Gasteiger partial charge in [0, 0.05) is 23.2 Å². The SMILES string of the molecule is C=CCn1c(C(=O)Nc2ccc(C)c(C)c2)cc2c(OCc3ccccc3F)cccc21. The molecule has 0 bridgehead atoms. The lowest BCUT2D eigenvalue weighted by Gasteiger charge is -2.11. The third kappa shape index (κ3) is 4.28. The molecule has 1 N–H and O–H groups in total. The second-order valence-corrected chi connectivity index (χ2v) is 7.75. The predicted molar refractivity (Wildman–Crippen MR) is 127 cm³/mol. The summed E-state index contributed by atoms with van der Waals surface area (Å²) in [6.45, 7) is 8.45. The van der Waals surface area contributed by atoms with Crippen molar-refractivity contribution in [2.45, 2.75) is 27.0 Å². The van der Waals surface area contributed by atoms with Gasteiger partial charge in [-0.15, -0.1) is 6.58 Å². The van der Waals surface area contributed by atoms with Crippen LogP contribution in [0.1, 0.15) is 27.2 Å². The fraction of sp³-hybridized carbons (Fsp3) is 0.148. The fourth-order valence-electron chi connectivity index (χ4n) is 3.68. The van der Waals surface area contributed by atoms with Crippen LogP contribution in [0.3, 0.4) is 0 Å². The molecule has 4 rings (SSSR count). The summed E-state index contributed by atoms with van der Waals surface area (Å²) >= 11 is 0. The Hall–Kier alpha value is -3.86. The van der Waals surface area contributed by atoms with Gasteiger partial charge in [0.15, 0.2) is 0 Å². The van der Waals surface area contributed by atoms with Crippen molar-refractivity contribution in [3.8, 4) is 5.75 Å². The second-order valence-electron chi connectivity index (χ2n) is 7.75. The molecule has 0 fully saturated rings. The van der Waals surface area contributed by atoms with Gasteiger partial charge in [-0.3, -0.25) is 4.79 Å². The smallest absolute Gasteiger partial charge is 0.272 e. The molecule has 0 saturated carbocycles. The Labute approximate surface area is 187 Å². The maximum absolute atomic E-state index is 14.0. The van der Waals surface area contributed by atoms with E-state index in [1.165, 1.54) is 11.6 Å². The van der Waals surface area contributed by atoms with Gasteiger partial charge in [0.2, 0.25) is 0 Å².